The summed E-state index contributed by atoms with van der Waals surface area (Å²) in [5.41, 5.74) is 2.99. The third-order valence-corrected chi connectivity index (χ3v) is 4.35. The Labute approximate surface area is 173 Å². The van der Waals surface area contributed by atoms with Gasteiger partial charge in [0.15, 0.2) is 0 Å². The first kappa shape index (κ1) is 20.6. The number of aliphatic carboxylic acids is 1. The lowest BCUT2D eigenvalue weighted by atomic mass is 10.0. The van der Waals surface area contributed by atoms with Gasteiger partial charge in [-0.25, -0.2) is 0 Å². The predicted octanol–water partition coefficient (Wildman–Crippen LogP) is 3.43. The average Bonchev–Trinajstić information content (AvgIpc) is 2.78. The van der Waals surface area contributed by atoms with E-state index in [0.29, 0.717) is 22.6 Å². The fraction of sp³-hybridized carbons (Fsp3) is 0.0870. The van der Waals surface area contributed by atoms with Gasteiger partial charge in [-0.15, -0.1) is 0 Å². The first-order chi connectivity index (χ1) is 14.5. The quantitative estimate of drug-likeness (QED) is 0.560. The normalized spacial score (nSPS) is 10.2. The molecule has 0 fully saturated rings. The van der Waals surface area contributed by atoms with Crippen molar-refractivity contribution in [3.63, 3.8) is 0 Å². The van der Waals surface area contributed by atoms with Crippen LogP contribution in [0, 0.1) is 0 Å². The van der Waals surface area contributed by atoms with Crippen molar-refractivity contribution in [2.24, 2.45) is 0 Å². The molecule has 0 bridgehead atoms. The average molecular weight is 404 g/mol. The zero-order valence-electron chi connectivity index (χ0n) is 16.2. The summed E-state index contributed by atoms with van der Waals surface area (Å²) in [5, 5.41) is 13.7. The molecule has 3 N–H and O–H groups in total. The van der Waals surface area contributed by atoms with Gasteiger partial charge in [0.1, 0.15) is 12.3 Å². The molecule has 0 aliphatic rings. The maximum absolute atomic E-state index is 12.7. The van der Waals surface area contributed by atoms with Gasteiger partial charge in [0.2, 0.25) is 0 Å². The molecule has 7 heteroatoms. The van der Waals surface area contributed by atoms with Gasteiger partial charge in [-0.2, -0.15) is 0 Å². The van der Waals surface area contributed by atoms with Crippen molar-refractivity contribution in [2.45, 2.75) is 0 Å². The molecule has 0 saturated carbocycles. The van der Waals surface area contributed by atoms with E-state index < -0.39 is 18.4 Å². The number of nitrogens with one attached hydrogen (secondary N) is 2. The first-order valence-corrected chi connectivity index (χ1v) is 9.13. The van der Waals surface area contributed by atoms with Gasteiger partial charge in [0.25, 0.3) is 11.8 Å². The van der Waals surface area contributed by atoms with Gasteiger partial charge in [-0.05, 0) is 48.0 Å². The second-order valence-electron chi connectivity index (χ2n) is 6.39. The zero-order valence-corrected chi connectivity index (χ0v) is 16.2. The highest BCUT2D eigenvalue weighted by Gasteiger charge is 2.13. The van der Waals surface area contributed by atoms with E-state index >= 15 is 0 Å². The molecule has 30 heavy (non-hydrogen) atoms. The SMILES string of the molecule is COc1ccc(C(=O)Nc2ccc(C(=O)NCC(=O)O)cc2)cc1-c1ccccc1. The largest absolute Gasteiger partial charge is 0.496 e. The number of hydrogen-bond donors (Lipinski definition) is 3. The van der Waals surface area contributed by atoms with Crippen LogP contribution in [-0.4, -0.2) is 36.5 Å². The molecule has 152 valence electrons. The van der Waals surface area contributed by atoms with Crippen LogP contribution in [0.2, 0.25) is 0 Å². The lowest BCUT2D eigenvalue weighted by molar-refractivity contribution is -0.135. The maximum Gasteiger partial charge on any atom is 0.322 e. The molecule has 0 radical (unpaired) electrons. The summed E-state index contributed by atoms with van der Waals surface area (Å²) in [6.07, 6.45) is 0. The van der Waals surface area contributed by atoms with Crippen molar-refractivity contribution in [3.05, 3.63) is 83.9 Å². The highest BCUT2D eigenvalue weighted by atomic mass is 16.5. The molecular weight excluding hydrogens is 384 g/mol. The lowest BCUT2D eigenvalue weighted by Gasteiger charge is -2.12. The van der Waals surface area contributed by atoms with E-state index in [0.717, 1.165) is 11.1 Å². The molecule has 0 saturated heterocycles. The number of anilines is 1. The minimum atomic E-state index is -1.12. The Morgan fingerprint density at radius 1 is 0.867 bits per heavy atom. The number of carbonyl (C=O) groups excluding carboxylic acids is 2. The molecule has 0 unspecified atom stereocenters. The van der Waals surface area contributed by atoms with Gasteiger partial charge in [0, 0.05) is 22.4 Å². The Balaban J connectivity index is 1.75. The van der Waals surface area contributed by atoms with Crippen LogP contribution in [0.15, 0.2) is 72.8 Å². The summed E-state index contributed by atoms with van der Waals surface area (Å²) in [7, 11) is 1.58. The molecular formula is C23H20N2O5. The summed E-state index contributed by atoms with van der Waals surface area (Å²) < 4.78 is 5.42. The van der Waals surface area contributed by atoms with Crippen LogP contribution in [0.3, 0.4) is 0 Å². The monoisotopic (exact) mass is 404 g/mol. The number of amides is 2. The minimum absolute atomic E-state index is 0.296. The lowest BCUT2D eigenvalue weighted by Crippen LogP contribution is -2.29. The van der Waals surface area contributed by atoms with Crippen molar-refractivity contribution in [1.82, 2.24) is 5.32 Å². The van der Waals surface area contributed by atoms with Crippen LogP contribution >= 0.6 is 0 Å². The van der Waals surface area contributed by atoms with E-state index in [1.165, 1.54) is 12.1 Å². The Bertz CT molecular complexity index is 1060. The zero-order chi connectivity index (χ0) is 21.5. The van der Waals surface area contributed by atoms with Crippen LogP contribution in [-0.2, 0) is 4.79 Å². The third-order valence-electron chi connectivity index (χ3n) is 4.35. The number of carbonyl (C=O) groups is 3. The smallest absolute Gasteiger partial charge is 0.322 e. The highest BCUT2D eigenvalue weighted by Crippen LogP contribution is 2.31. The fourth-order valence-electron chi connectivity index (χ4n) is 2.86. The standard InChI is InChI=1S/C23H20N2O5/c1-30-20-12-9-17(13-19(20)15-5-3-2-4-6-15)23(29)25-18-10-7-16(8-11-18)22(28)24-14-21(26)27/h2-13H,14H2,1H3,(H,24,28)(H,25,29)(H,26,27). The molecule has 0 heterocycles. The number of rotatable bonds is 7. The van der Waals surface area contributed by atoms with Crippen LogP contribution in [0.1, 0.15) is 20.7 Å². The number of hydrogen-bond acceptors (Lipinski definition) is 4. The van der Waals surface area contributed by atoms with Crippen LogP contribution in [0.4, 0.5) is 5.69 Å². The highest BCUT2D eigenvalue weighted by molar-refractivity contribution is 6.05. The van der Waals surface area contributed by atoms with Crippen molar-refractivity contribution in [1.29, 1.82) is 0 Å². The van der Waals surface area contributed by atoms with Gasteiger partial charge >= 0.3 is 5.97 Å². The van der Waals surface area contributed by atoms with Crippen LogP contribution in [0.5, 0.6) is 5.75 Å². The number of methoxy groups -OCH3 is 1. The van der Waals surface area contributed by atoms with E-state index in [1.54, 1.807) is 37.4 Å². The number of carboxylic acid groups (broad SMARTS) is 1. The number of carboxylic acids is 1. The van der Waals surface area contributed by atoms with E-state index in [2.05, 4.69) is 10.6 Å². The topological polar surface area (TPSA) is 105 Å². The Kier molecular flexibility index (Phi) is 6.44. The van der Waals surface area contributed by atoms with E-state index in [1.807, 2.05) is 30.3 Å². The molecule has 0 aromatic heterocycles. The van der Waals surface area contributed by atoms with Gasteiger partial charge in [-0.3, -0.25) is 14.4 Å². The first-order valence-electron chi connectivity index (χ1n) is 9.13. The van der Waals surface area contributed by atoms with Crippen molar-refractivity contribution < 1.29 is 24.2 Å². The maximum atomic E-state index is 12.7. The summed E-state index contributed by atoms with van der Waals surface area (Å²) in [6.45, 7) is -0.460. The van der Waals surface area contributed by atoms with Gasteiger partial charge in [0.05, 0.1) is 7.11 Å². The summed E-state index contributed by atoms with van der Waals surface area (Å²) in [5.74, 6) is -1.27. The summed E-state index contributed by atoms with van der Waals surface area (Å²) >= 11 is 0. The van der Waals surface area contributed by atoms with Crippen molar-refractivity contribution in [3.8, 4) is 16.9 Å². The molecule has 7 nitrogen and oxygen atoms in total. The van der Waals surface area contributed by atoms with Gasteiger partial charge < -0.3 is 20.5 Å². The molecule has 0 spiro atoms. The Morgan fingerprint density at radius 3 is 2.17 bits per heavy atom. The molecule has 0 atom stereocenters. The molecule has 0 aliphatic carbocycles. The van der Waals surface area contributed by atoms with Crippen molar-refractivity contribution >= 4 is 23.5 Å². The third kappa shape index (κ3) is 5.02. The molecule has 2 amide bonds. The van der Waals surface area contributed by atoms with Gasteiger partial charge in [-0.1, -0.05) is 30.3 Å². The molecule has 0 aliphatic heterocycles. The van der Waals surface area contributed by atoms with E-state index in [-0.39, 0.29) is 5.91 Å². The van der Waals surface area contributed by atoms with E-state index in [4.69, 9.17) is 9.84 Å². The minimum Gasteiger partial charge on any atom is -0.496 e. The van der Waals surface area contributed by atoms with E-state index in [9.17, 15) is 14.4 Å². The summed E-state index contributed by atoms with van der Waals surface area (Å²) in [4.78, 5) is 35.1. The molecule has 3 aromatic carbocycles. The fourth-order valence-corrected chi connectivity index (χ4v) is 2.86. The predicted molar refractivity (Wildman–Crippen MR) is 113 cm³/mol. The Morgan fingerprint density at radius 2 is 1.53 bits per heavy atom. The molecule has 3 aromatic rings. The van der Waals surface area contributed by atoms with Crippen LogP contribution < -0.4 is 15.4 Å². The number of benzene rings is 3. The molecule has 3 rings (SSSR count). The van der Waals surface area contributed by atoms with Crippen LogP contribution in [0.25, 0.3) is 11.1 Å². The second kappa shape index (κ2) is 9.38. The van der Waals surface area contributed by atoms with Crippen molar-refractivity contribution in [2.75, 3.05) is 19.0 Å². The summed E-state index contributed by atoms with van der Waals surface area (Å²) in [6, 6.07) is 21.0. The number of ether oxygens (including phenoxy) is 1. The Hall–Kier alpha value is -4.13. The second-order valence-corrected chi connectivity index (χ2v) is 6.39.